The van der Waals surface area contributed by atoms with E-state index in [9.17, 15) is 18.0 Å². The van der Waals surface area contributed by atoms with Crippen molar-refractivity contribution in [2.75, 3.05) is 38.5 Å². The average Bonchev–Trinajstić information content (AvgIpc) is 3.24. The second-order valence-corrected chi connectivity index (χ2v) is 12.0. The van der Waals surface area contributed by atoms with Crippen LogP contribution in [-0.4, -0.2) is 62.7 Å². The molecule has 198 valence electrons. The zero-order valence-corrected chi connectivity index (χ0v) is 23.4. The smallest absolute Gasteiger partial charge is 0.256 e. The first-order chi connectivity index (χ1) is 17.3. The summed E-state index contributed by atoms with van der Waals surface area (Å²) in [5, 5.41) is 6.13. The molecule has 0 aliphatic carbocycles. The average molecular weight is 535 g/mol. The predicted octanol–water partition coefficient (Wildman–Crippen LogP) is 4.33. The highest BCUT2D eigenvalue weighted by Gasteiger charge is 2.28. The third kappa shape index (κ3) is 6.34. The number of fused-ring (bicyclic) bond motifs is 1. The summed E-state index contributed by atoms with van der Waals surface area (Å²) in [5.41, 5.74) is 1.87. The Labute approximate surface area is 219 Å². The molecule has 1 aromatic carbocycles. The summed E-state index contributed by atoms with van der Waals surface area (Å²) in [6.07, 6.45) is 4.20. The van der Waals surface area contributed by atoms with Gasteiger partial charge in [0.05, 0.1) is 10.5 Å². The number of rotatable bonds is 12. The molecule has 1 aliphatic heterocycles. The van der Waals surface area contributed by atoms with E-state index in [1.54, 1.807) is 11.4 Å². The molecule has 3 rings (SSSR count). The number of nitrogens with zero attached hydrogens (tertiary/aromatic N) is 2. The van der Waals surface area contributed by atoms with E-state index in [1.165, 1.54) is 35.6 Å². The fourth-order valence-electron chi connectivity index (χ4n) is 4.30. The largest absolute Gasteiger partial charge is 0.355 e. The molecule has 36 heavy (non-hydrogen) atoms. The van der Waals surface area contributed by atoms with E-state index in [1.807, 2.05) is 13.8 Å². The lowest BCUT2D eigenvalue weighted by Crippen LogP contribution is -2.33. The van der Waals surface area contributed by atoms with E-state index in [2.05, 4.69) is 22.5 Å². The number of hydrogen-bond donors (Lipinski definition) is 2. The third-order valence-corrected chi connectivity index (χ3v) is 9.59. The Hall–Kier alpha value is -2.27. The topological polar surface area (TPSA) is 98.8 Å². The Balaban J connectivity index is 1.82. The minimum Gasteiger partial charge on any atom is -0.355 e. The van der Waals surface area contributed by atoms with Gasteiger partial charge in [-0.05, 0) is 55.6 Å². The van der Waals surface area contributed by atoms with Crippen LogP contribution >= 0.6 is 11.3 Å². The number of carbonyl (C=O) groups excluding carboxylic acids is 2. The second-order valence-electron chi connectivity index (χ2n) is 9.00. The van der Waals surface area contributed by atoms with Crippen molar-refractivity contribution in [3.8, 4) is 0 Å². The van der Waals surface area contributed by atoms with Gasteiger partial charge in [-0.3, -0.25) is 14.5 Å². The minimum atomic E-state index is -3.63. The maximum Gasteiger partial charge on any atom is 0.256 e. The second kappa shape index (κ2) is 12.8. The lowest BCUT2D eigenvalue weighted by Gasteiger charge is -2.25. The number of nitrogens with one attached hydrogen (secondary N) is 2. The summed E-state index contributed by atoms with van der Waals surface area (Å²) in [6, 6.07) is 6.05. The van der Waals surface area contributed by atoms with Crippen LogP contribution in [0.2, 0.25) is 0 Å². The van der Waals surface area contributed by atoms with E-state index >= 15 is 0 Å². The first-order valence-corrected chi connectivity index (χ1v) is 15.0. The standard InChI is InChI=1S/C26H38N4O4S2/c1-5-8-15-30(16-9-6-2)36(33,34)20-12-10-19(11-13-20)24(31)28-26-23(25(32)27-4)21-14-17-29(7-3)18-22(21)35-26/h10-13H,5-9,14-18H2,1-4H3,(H,27,32)(H,28,31). The molecular weight excluding hydrogens is 496 g/mol. The number of benzene rings is 1. The number of sulfonamides is 1. The minimum absolute atomic E-state index is 0.184. The van der Waals surface area contributed by atoms with Gasteiger partial charge in [-0.15, -0.1) is 11.3 Å². The summed E-state index contributed by atoms with van der Waals surface area (Å²) in [4.78, 5) is 29.3. The highest BCUT2D eigenvalue weighted by Crippen LogP contribution is 2.37. The molecule has 0 spiro atoms. The van der Waals surface area contributed by atoms with Crippen LogP contribution in [0.3, 0.4) is 0 Å². The Morgan fingerprint density at radius 2 is 1.67 bits per heavy atom. The molecule has 0 unspecified atom stereocenters. The molecule has 0 radical (unpaired) electrons. The van der Waals surface area contributed by atoms with Crippen LogP contribution in [0.5, 0.6) is 0 Å². The number of amides is 2. The van der Waals surface area contributed by atoms with Gasteiger partial charge < -0.3 is 10.6 Å². The summed E-state index contributed by atoms with van der Waals surface area (Å²) < 4.78 is 28.0. The molecule has 2 aromatic rings. The number of unbranched alkanes of at least 4 members (excludes halogenated alkanes) is 2. The van der Waals surface area contributed by atoms with Crippen LogP contribution in [-0.2, 0) is 23.0 Å². The van der Waals surface area contributed by atoms with E-state index in [0.717, 1.165) is 62.2 Å². The van der Waals surface area contributed by atoms with Crippen LogP contribution in [0.25, 0.3) is 0 Å². The molecule has 0 bridgehead atoms. The SMILES string of the molecule is CCCCN(CCCC)S(=O)(=O)c1ccc(C(=O)Nc2sc3c(c2C(=O)NC)CCN(CC)C3)cc1. The van der Waals surface area contributed by atoms with E-state index in [4.69, 9.17) is 0 Å². The van der Waals surface area contributed by atoms with Crippen LogP contribution in [0, 0.1) is 0 Å². The molecule has 0 fully saturated rings. The van der Waals surface area contributed by atoms with Crippen LogP contribution in [0.1, 0.15) is 77.6 Å². The maximum absolute atomic E-state index is 13.2. The zero-order chi connectivity index (χ0) is 26.3. The molecule has 2 heterocycles. The van der Waals surface area contributed by atoms with Crippen molar-refractivity contribution in [3.63, 3.8) is 0 Å². The highest BCUT2D eigenvalue weighted by atomic mass is 32.2. The van der Waals surface area contributed by atoms with Crippen molar-refractivity contribution in [3.05, 3.63) is 45.8 Å². The van der Waals surface area contributed by atoms with Gasteiger partial charge in [-0.1, -0.05) is 33.6 Å². The monoisotopic (exact) mass is 534 g/mol. The van der Waals surface area contributed by atoms with Crippen molar-refractivity contribution >= 4 is 38.2 Å². The molecule has 2 N–H and O–H groups in total. The van der Waals surface area contributed by atoms with Crippen molar-refractivity contribution in [2.45, 2.75) is 64.3 Å². The lowest BCUT2D eigenvalue weighted by molar-refractivity contribution is 0.0962. The van der Waals surface area contributed by atoms with Gasteiger partial charge in [0.2, 0.25) is 10.0 Å². The van der Waals surface area contributed by atoms with Gasteiger partial charge in [0, 0.05) is 43.7 Å². The fourth-order valence-corrected chi connectivity index (χ4v) is 7.10. The first-order valence-electron chi connectivity index (χ1n) is 12.8. The van der Waals surface area contributed by atoms with E-state index < -0.39 is 10.0 Å². The first kappa shape index (κ1) is 28.3. The molecule has 2 amide bonds. The van der Waals surface area contributed by atoms with Gasteiger partial charge in [0.25, 0.3) is 11.8 Å². The molecule has 0 saturated heterocycles. The van der Waals surface area contributed by atoms with E-state index in [-0.39, 0.29) is 16.7 Å². The molecule has 10 heteroatoms. The Morgan fingerprint density at radius 1 is 1.03 bits per heavy atom. The Kier molecular flexibility index (Phi) is 10.1. The van der Waals surface area contributed by atoms with Crippen molar-refractivity contribution in [1.29, 1.82) is 0 Å². The van der Waals surface area contributed by atoms with Crippen molar-refractivity contribution in [1.82, 2.24) is 14.5 Å². The Bertz CT molecular complexity index is 1150. The molecule has 1 aromatic heterocycles. The maximum atomic E-state index is 13.2. The molecule has 8 nitrogen and oxygen atoms in total. The predicted molar refractivity (Wildman–Crippen MR) is 145 cm³/mol. The van der Waals surface area contributed by atoms with Gasteiger partial charge in [0.15, 0.2) is 0 Å². The highest BCUT2D eigenvalue weighted by molar-refractivity contribution is 7.89. The number of anilines is 1. The van der Waals surface area contributed by atoms with Gasteiger partial charge in [-0.2, -0.15) is 4.31 Å². The van der Waals surface area contributed by atoms with Crippen molar-refractivity contribution < 1.29 is 18.0 Å². The summed E-state index contributed by atoms with van der Waals surface area (Å²) in [7, 11) is -2.05. The number of carbonyl (C=O) groups is 2. The van der Waals surface area contributed by atoms with E-state index in [0.29, 0.717) is 29.2 Å². The third-order valence-electron chi connectivity index (χ3n) is 6.54. The summed E-state index contributed by atoms with van der Waals surface area (Å²) in [5.74, 6) is -0.586. The van der Waals surface area contributed by atoms with Gasteiger partial charge in [-0.25, -0.2) is 8.42 Å². The van der Waals surface area contributed by atoms with Gasteiger partial charge >= 0.3 is 0 Å². The Morgan fingerprint density at radius 3 is 2.22 bits per heavy atom. The summed E-state index contributed by atoms with van der Waals surface area (Å²) >= 11 is 1.44. The normalized spacial score (nSPS) is 14.0. The van der Waals surface area contributed by atoms with Gasteiger partial charge in [0.1, 0.15) is 5.00 Å². The zero-order valence-electron chi connectivity index (χ0n) is 21.7. The van der Waals surface area contributed by atoms with Crippen molar-refractivity contribution in [2.24, 2.45) is 0 Å². The summed E-state index contributed by atoms with van der Waals surface area (Å²) in [6.45, 7) is 9.73. The van der Waals surface area contributed by atoms with Crippen LogP contribution < -0.4 is 10.6 Å². The van der Waals surface area contributed by atoms with Crippen LogP contribution in [0.15, 0.2) is 29.2 Å². The molecule has 0 atom stereocenters. The quantitative estimate of drug-likeness (QED) is 0.422. The molecular formula is C26H38N4O4S2. The molecule has 0 saturated carbocycles. The molecule has 1 aliphatic rings. The number of hydrogen-bond acceptors (Lipinski definition) is 6. The fraction of sp³-hybridized carbons (Fsp3) is 0.538. The number of thiophene rings is 1. The lowest BCUT2D eigenvalue weighted by atomic mass is 10.0. The van der Waals surface area contributed by atoms with Crippen LogP contribution in [0.4, 0.5) is 5.00 Å². The number of likely N-dealkylation sites (N-methyl/N-ethyl adjacent to an activating group) is 1.